The SMILES string of the molecule is CC(=O)Oc1ccc2c(c1)c(C(=O)NC1CCN(CCc3ccccc3)CC1)c(C)n2Cc1ccccc1. The van der Waals surface area contributed by atoms with Gasteiger partial charge in [0, 0.05) is 55.7 Å². The predicted molar refractivity (Wildman–Crippen MR) is 151 cm³/mol. The number of benzene rings is 3. The molecule has 1 saturated heterocycles. The normalized spacial score (nSPS) is 14.5. The summed E-state index contributed by atoms with van der Waals surface area (Å²) in [6.07, 6.45) is 2.91. The van der Waals surface area contributed by atoms with Crippen LogP contribution in [0.25, 0.3) is 10.9 Å². The summed E-state index contributed by atoms with van der Waals surface area (Å²) in [5.74, 6) is -0.000488. The Morgan fingerprint density at radius 3 is 2.24 bits per heavy atom. The van der Waals surface area contributed by atoms with Gasteiger partial charge in [-0.05, 0) is 55.5 Å². The van der Waals surface area contributed by atoms with E-state index in [1.54, 1.807) is 6.07 Å². The Morgan fingerprint density at radius 2 is 1.58 bits per heavy atom. The zero-order valence-electron chi connectivity index (χ0n) is 22.2. The van der Waals surface area contributed by atoms with E-state index in [1.807, 2.05) is 37.3 Å². The molecule has 1 N–H and O–H groups in total. The number of aromatic nitrogens is 1. The van der Waals surface area contributed by atoms with Gasteiger partial charge in [0.25, 0.3) is 5.91 Å². The lowest BCUT2D eigenvalue weighted by Gasteiger charge is -2.32. The number of fused-ring (bicyclic) bond motifs is 1. The van der Waals surface area contributed by atoms with Crippen molar-refractivity contribution in [2.75, 3.05) is 19.6 Å². The quantitative estimate of drug-likeness (QED) is 0.257. The zero-order valence-corrected chi connectivity index (χ0v) is 22.2. The summed E-state index contributed by atoms with van der Waals surface area (Å²) < 4.78 is 7.53. The molecule has 1 amide bonds. The minimum Gasteiger partial charge on any atom is -0.427 e. The van der Waals surface area contributed by atoms with Crippen LogP contribution in [0.4, 0.5) is 0 Å². The Labute approximate surface area is 224 Å². The molecule has 0 saturated carbocycles. The van der Waals surface area contributed by atoms with Crippen molar-refractivity contribution in [1.82, 2.24) is 14.8 Å². The van der Waals surface area contributed by atoms with Crippen molar-refractivity contribution < 1.29 is 14.3 Å². The Kier molecular flexibility index (Phi) is 7.89. The topological polar surface area (TPSA) is 63.6 Å². The first kappa shape index (κ1) is 25.7. The summed E-state index contributed by atoms with van der Waals surface area (Å²) in [5.41, 5.74) is 5.02. The van der Waals surface area contributed by atoms with Crippen LogP contribution < -0.4 is 10.1 Å². The minimum atomic E-state index is -0.380. The van der Waals surface area contributed by atoms with Crippen LogP contribution in [0.2, 0.25) is 0 Å². The maximum Gasteiger partial charge on any atom is 0.308 e. The summed E-state index contributed by atoms with van der Waals surface area (Å²) in [4.78, 5) is 27.8. The fourth-order valence-corrected chi connectivity index (χ4v) is 5.44. The molecular weight excluding hydrogens is 474 g/mol. The number of carbonyl (C=O) groups excluding carboxylic acids is 2. The second-order valence-corrected chi connectivity index (χ2v) is 10.1. The van der Waals surface area contributed by atoms with Crippen molar-refractivity contribution in [3.05, 3.63) is 101 Å². The first-order chi connectivity index (χ1) is 18.5. The number of nitrogens with zero attached hydrogens (tertiary/aromatic N) is 2. The van der Waals surface area contributed by atoms with Crippen molar-refractivity contribution in [3.63, 3.8) is 0 Å². The van der Waals surface area contributed by atoms with Crippen LogP contribution in [0.15, 0.2) is 78.9 Å². The summed E-state index contributed by atoms with van der Waals surface area (Å²) in [6.45, 7) is 7.02. The molecule has 3 aromatic carbocycles. The molecule has 2 heterocycles. The molecule has 1 aliphatic rings. The lowest BCUT2D eigenvalue weighted by atomic mass is 10.0. The molecule has 0 radical (unpaired) electrons. The third-order valence-corrected chi connectivity index (χ3v) is 7.45. The van der Waals surface area contributed by atoms with Crippen LogP contribution >= 0.6 is 0 Å². The second kappa shape index (κ2) is 11.7. The number of hydrogen-bond acceptors (Lipinski definition) is 4. The van der Waals surface area contributed by atoms with Gasteiger partial charge >= 0.3 is 5.97 Å². The van der Waals surface area contributed by atoms with Crippen LogP contribution in [0.1, 0.15) is 46.9 Å². The van der Waals surface area contributed by atoms with Crippen LogP contribution in [-0.4, -0.2) is 47.0 Å². The van der Waals surface area contributed by atoms with Gasteiger partial charge in [-0.3, -0.25) is 9.59 Å². The average Bonchev–Trinajstić information content (AvgIpc) is 3.19. The largest absolute Gasteiger partial charge is 0.427 e. The zero-order chi connectivity index (χ0) is 26.5. The van der Waals surface area contributed by atoms with Crippen molar-refractivity contribution in [1.29, 1.82) is 0 Å². The molecule has 0 spiro atoms. The highest BCUT2D eigenvalue weighted by atomic mass is 16.5. The van der Waals surface area contributed by atoms with Gasteiger partial charge in [0.2, 0.25) is 0 Å². The van der Waals surface area contributed by atoms with E-state index in [0.29, 0.717) is 17.9 Å². The van der Waals surface area contributed by atoms with Gasteiger partial charge in [0.05, 0.1) is 5.56 Å². The molecule has 38 heavy (non-hydrogen) atoms. The molecule has 1 aliphatic heterocycles. The monoisotopic (exact) mass is 509 g/mol. The summed E-state index contributed by atoms with van der Waals surface area (Å²) in [7, 11) is 0. The number of esters is 1. The van der Waals surface area contributed by atoms with E-state index in [9.17, 15) is 9.59 Å². The van der Waals surface area contributed by atoms with E-state index >= 15 is 0 Å². The third-order valence-electron chi connectivity index (χ3n) is 7.45. The van der Waals surface area contributed by atoms with Crippen LogP contribution in [0.3, 0.4) is 0 Å². The second-order valence-electron chi connectivity index (χ2n) is 10.1. The summed E-state index contributed by atoms with van der Waals surface area (Å²) in [6, 6.07) is 26.5. The molecule has 6 nitrogen and oxygen atoms in total. The van der Waals surface area contributed by atoms with Gasteiger partial charge in [-0.15, -0.1) is 0 Å². The molecule has 0 bridgehead atoms. The molecule has 0 aliphatic carbocycles. The average molecular weight is 510 g/mol. The van der Waals surface area contributed by atoms with Gasteiger partial charge in [-0.2, -0.15) is 0 Å². The minimum absolute atomic E-state index is 0.0676. The van der Waals surface area contributed by atoms with Crippen molar-refractivity contribution in [3.8, 4) is 5.75 Å². The molecule has 0 unspecified atom stereocenters. The van der Waals surface area contributed by atoms with E-state index in [2.05, 4.69) is 57.2 Å². The first-order valence-electron chi connectivity index (χ1n) is 13.4. The van der Waals surface area contributed by atoms with Gasteiger partial charge in [-0.25, -0.2) is 0 Å². The number of hydrogen-bond donors (Lipinski definition) is 1. The lowest BCUT2D eigenvalue weighted by molar-refractivity contribution is -0.131. The molecule has 196 valence electrons. The van der Waals surface area contributed by atoms with E-state index in [4.69, 9.17) is 4.74 Å². The number of rotatable bonds is 8. The Hall–Kier alpha value is -3.90. The Balaban J connectivity index is 1.32. The number of amides is 1. The highest BCUT2D eigenvalue weighted by molar-refractivity contribution is 6.09. The first-order valence-corrected chi connectivity index (χ1v) is 13.4. The number of ether oxygens (including phenoxy) is 1. The highest BCUT2D eigenvalue weighted by Gasteiger charge is 2.25. The highest BCUT2D eigenvalue weighted by Crippen LogP contribution is 2.31. The van der Waals surface area contributed by atoms with Crippen LogP contribution in [0.5, 0.6) is 5.75 Å². The van der Waals surface area contributed by atoms with E-state index in [0.717, 1.165) is 61.1 Å². The number of piperidine rings is 1. The standard InChI is InChI=1S/C32H35N3O3/c1-23-31(32(37)33-27-16-19-34(20-17-27)18-15-25-9-5-3-6-10-25)29-21-28(38-24(2)36)13-14-30(29)35(23)22-26-11-7-4-8-12-26/h3-14,21,27H,15-20,22H2,1-2H3,(H,33,37). The summed E-state index contributed by atoms with van der Waals surface area (Å²) >= 11 is 0. The van der Waals surface area contributed by atoms with E-state index < -0.39 is 0 Å². The van der Waals surface area contributed by atoms with Crippen molar-refractivity contribution in [2.45, 2.75) is 45.7 Å². The van der Waals surface area contributed by atoms with Gasteiger partial charge in [-0.1, -0.05) is 60.7 Å². The van der Waals surface area contributed by atoms with Crippen LogP contribution in [0, 0.1) is 6.92 Å². The molecule has 1 aromatic heterocycles. The fraction of sp³-hybridized carbons (Fsp3) is 0.312. The predicted octanol–water partition coefficient (Wildman–Crippen LogP) is 5.36. The molecular formula is C32H35N3O3. The number of carbonyl (C=O) groups is 2. The molecule has 1 fully saturated rings. The van der Waals surface area contributed by atoms with Crippen LogP contribution in [-0.2, 0) is 17.8 Å². The Bertz CT molecular complexity index is 1400. The van der Waals surface area contributed by atoms with Gasteiger partial charge < -0.3 is 19.5 Å². The summed E-state index contributed by atoms with van der Waals surface area (Å²) in [5, 5.41) is 4.11. The maximum absolute atomic E-state index is 13.7. The fourth-order valence-electron chi connectivity index (χ4n) is 5.44. The maximum atomic E-state index is 13.7. The number of likely N-dealkylation sites (tertiary alicyclic amines) is 1. The third kappa shape index (κ3) is 5.97. The molecule has 0 atom stereocenters. The molecule has 6 heteroatoms. The van der Waals surface area contributed by atoms with Crippen molar-refractivity contribution in [2.24, 2.45) is 0 Å². The van der Waals surface area contributed by atoms with Gasteiger partial charge in [0.1, 0.15) is 5.75 Å². The molecule has 4 aromatic rings. The lowest BCUT2D eigenvalue weighted by Crippen LogP contribution is -2.45. The van der Waals surface area contributed by atoms with Gasteiger partial charge in [0.15, 0.2) is 0 Å². The Morgan fingerprint density at radius 1 is 0.921 bits per heavy atom. The number of nitrogens with one attached hydrogen (secondary N) is 1. The van der Waals surface area contributed by atoms with Crippen molar-refractivity contribution >= 4 is 22.8 Å². The smallest absolute Gasteiger partial charge is 0.308 e. The molecule has 5 rings (SSSR count). The van der Waals surface area contributed by atoms with E-state index in [1.165, 1.54) is 12.5 Å². The van der Waals surface area contributed by atoms with E-state index in [-0.39, 0.29) is 17.9 Å².